The number of carbonyl (C=O) groups is 1. The highest BCUT2D eigenvalue weighted by molar-refractivity contribution is 6.32. The van der Waals surface area contributed by atoms with E-state index in [-0.39, 0.29) is 0 Å². The van der Waals surface area contributed by atoms with Crippen molar-refractivity contribution < 1.29 is 4.79 Å². The SMILES string of the molecule is O=Cc1ccc2c(Cl)nc(C3CC3)n2c1. The molecular weight excluding hydrogens is 212 g/mol. The Kier molecular flexibility index (Phi) is 1.83. The lowest BCUT2D eigenvalue weighted by atomic mass is 10.3. The number of halogens is 1. The molecule has 1 fully saturated rings. The van der Waals surface area contributed by atoms with Crippen molar-refractivity contribution in [3.05, 3.63) is 34.9 Å². The molecule has 3 nitrogen and oxygen atoms in total. The third-order valence-corrected chi connectivity index (χ3v) is 3.00. The first kappa shape index (κ1) is 8.92. The molecular formula is C11H9ClN2O. The van der Waals surface area contributed by atoms with Crippen LogP contribution in [-0.4, -0.2) is 15.7 Å². The summed E-state index contributed by atoms with van der Waals surface area (Å²) in [6.07, 6.45) is 4.97. The van der Waals surface area contributed by atoms with Gasteiger partial charge in [-0.1, -0.05) is 11.6 Å². The van der Waals surface area contributed by atoms with Gasteiger partial charge in [0.15, 0.2) is 11.4 Å². The van der Waals surface area contributed by atoms with Crippen LogP contribution in [0.25, 0.3) is 5.52 Å². The summed E-state index contributed by atoms with van der Waals surface area (Å²) in [5, 5.41) is 0.523. The minimum absolute atomic E-state index is 0.520. The second-order valence-corrected chi connectivity index (χ2v) is 4.23. The van der Waals surface area contributed by atoms with Crippen molar-refractivity contribution >= 4 is 23.4 Å². The van der Waals surface area contributed by atoms with Crippen LogP contribution in [-0.2, 0) is 0 Å². The fraction of sp³-hybridized carbons (Fsp3) is 0.273. The lowest BCUT2D eigenvalue weighted by Crippen LogP contribution is -1.93. The van der Waals surface area contributed by atoms with Crippen LogP contribution in [0.4, 0.5) is 0 Å². The summed E-state index contributed by atoms with van der Waals surface area (Å²) in [6.45, 7) is 0. The number of imidazole rings is 1. The number of aldehydes is 1. The van der Waals surface area contributed by atoms with Crippen molar-refractivity contribution in [3.63, 3.8) is 0 Å². The summed E-state index contributed by atoms with van der Waals surface area (Å²) in [5.41, 5.74) is 1.53. The van der Waals surface area contributed by atoms with Crippen LogP contribution >= 0.6 is 11.6 Å². The van der Waals surface area contributed by atoms with Gasteiger partial charge in [0.05, 0.1) is 5.52 Å². The summed E-state index contributed by atoms with van der Waals surface area (Å²) in [4.78, 5) is 15.0. The minimum atomic E-state index is 0.520. The number of hydrogen-bond acceptors (Lipinski definition) is 2. The van der Waals surface area contributed by atoms with Gasteiger partial charge in [-0.2, -0.15) is 0 Å². The van der Waals surface area contributed by atoms with E-state index in [1.165, 1.54) is 12.8 Å². The maximum atomic E-state index is 10.7. The van der Waals surface area contributed by atoms with Crippen molar-refractivity contribution in [2.24, 2.45) is 0 Å². The topological polar surface area (TPSA) is 34.4 Å². The molecule has 0 radical (unpaired) electrons. The van der Waals surface area contributed by atoms with Crippen LogP contribution in [0, 0.1) is 0 Å². The highest BCUT2D eigenvalue weighted by Crippen LogP contribution is 2.40. The minimum Gasteiger partial charge on any atom is -0.301 e. The molecule has 0 amide bonds. The first-order valence-electron chi connectivity index (χ1n) is 4.92. The smallest absolute Gasteiger partial charge is 0.155 e. The van der Waals surface area contributed by atoms with Crippen molar-refractivity contribution in [1.82, 2.24) is 9.38 Å². The Morgan fingerprint density at radius 3 is 2.93 bits per heavy atom. The van der Waals surface area contributed by atoms with Gasteiger partial charge >= 0.3 is 0 Å². The van der Waals surface area contributed by atoms with Gasteiger partial charge in [0.2, 0.25) is 0 Å². The fourth-order valence-corrected chi connectivity index (χ4v) is 2.03. The standard InChI is InChI=1S/C11H9ClN2O/c12-10-9-4-1-7(6-15)5-14(9)11(13-10)8-2-3-8/h1,4-6,8H,2-3H2. The molecule has 2 heterocycles. The van der Waals surface area contributed by atoms with Crippen LogP contribution in [0.5, 0.6) is 0 Å². The number of aromatic nitrogens is 2. The van der Waals surface area contributed by atoms with Gasteiger partial charge < -0.3 is 4.40 Å². The maximum absolute atomic E-state index is 10.7. The molecule has 1 aliphatic rings. The Hall–Kier alpha value is -1.35. The fourth-order valence-electron chi connectivity index (χ4n) is 1.79. The van der Waals surface area contributed by atoms with E-state index < -0.39 is 0 Å². The Labute approximate surface area is 91.7 Å². The molecule has 0 atom stereocenters. The largest absolute Gasteiger partial charge is 0.301 e. The van der Waals surface area contributed by atoms with Gasteiger partial charge in [0.25, 0.3) is 0 Å². The molecule has 0 aliphatic heterocycles. The second-order valence-electron chi connectivity index (χ2n) is 3.87. The summed E-state index contributed by atoms with van der Waals surface area (Å²) < 4.78 is 1.93. The number of pyridine rings is 1. The van der Waals surface area contributed by atoms with E-state index in [9.17, 15) is 4.79 Å². The van der Waals surface area contributed by atoms with Crippen molar-refractivity contribution in [3.8, 4) is 0 Å². The molecule has 0 N–H and O–H groups in total. The predicted molar refractivity (Wildman–Crippen MR) is 57.6 cm³/mol. The van der Waals surface area contributed by atoms with Crippen LogP contribution in [0.1, 0.15) is 34.9 Å². The van der Waals surface area contributed by atoms with E-state index in [0.717, 1.165) is 17.6 Å². The molecule has 1 saturated carbocycles. The maximum Gasteiger partial charge on any atom is 0.155 e. The average molecular weight is 221 g/mol. The highest BCUT2D eigenvalue weighted by atomic mass is 35.5. The van der Waals surface area contributed by atoms with E-state index in [1.807, 2.05) is 10.5 Å². The first-order chi connectivity index (χ1) is 7.29. The quantitative estimate of drug-likeness (QED) is 0.730. The lowest BCUT2D eigenvalue weighted by Gasteiger charge is -1.99. The van der Waals surface area contributed by atoms with Gasteiger partial charge in [-0.25, -0.2) is 4.98 Å². The van der Waals surface area contributed by atoms with Crippen molar-refractivity contribution in [2.45, 2.75) is 18.8 Å². The zero-order chi connectivity index (χ0) is 10.4. The Morgan fingerprint density at radius 2 is 2.27 bits per heavy atom. The Bertz CT molecular complexity index is 543. The van der Waals surface area contributed by atoms with Crippen LogP contribution in [0.15, 0.2) is 18.3 Å². The van der Waals surface area contributed by atoms with Gasteiger partial charge in [-0.3, -0.25) is 4.79 Å². The van der Waals surface area contributed by atoms with E-state index in [1.54, 1.807) is 12.3 Å². The van der Waals surface area contributed by atoms with Gasteiger partial charge in [0, 0.05) is 17.7 Å². The normalized spacial score (nSPS) is 15.8. The molecule has 1 aliphatic carbocycles. The molecule has 15 heavy (non-hydrogen) atoms. The molecule has 0 unspecified atom stereocenters. The molecule has 0 saturated heterocycles. The molecule has 0 aromatic carbocycles. The molecule has 4 heteroatoms. The molecule has 0 bridgehead atoms. The zero-order valence-corrected chi connectivity index (χ0v) is 8.74. The number of fused-ring (bicyclic) bond motifs is 1. The van der Waals surface area contributed by atoms with Crippen LogP contribution in [0.2, 0.25) is 5.15 Å². The molecule has 3 rings (SSSR count). The third kappa shape index (κ3) is 1.35. The van der Waals surface area contributed by atoms with Gasteiger partial charge in [-0.05, 0) is 25.0 Å². The lowest BCUT2D eigenvalue weighted by molar-refractivity contribution is 0.112. The predicted octanol–water partition coefficient (Wildman–Crippen LogP) is 2.68. The number of carbonyl (C=O) groups excluding carboxylic acids is 1. The molecule has 0 spiro atoms. The monoisotopic (exact) mass is 220 g/mol. The Morgan fingerprint density at radius 1 is 1.47 bits per heavy atom. The number of nitrogens with zero attached hydrogens (tertiary/aromatic N) is 2. The van der Waals surface area contributed by atoms with E-state index in [2.05, 4.69) is 4.98 Å². The average Bonchev–Trinajstić information content (AvgIpc) is 3.04. The number of hydrogen-bond donors (Lipinski definition) is 0. The van der Waals surface area contributed by atoms with Crippen molar-refractivity contribution in [2.75, 3.05) is 0 Å². The summed E-state index contributed by atoms with van der Waals surface area (Å²) >= 11 is 6.02. The van der Waals surface area contributed by atoms with E-state index >= 15 is 0 Å². The Balaban J connectivity index is 2.30. The number of rotatable bonds is 2. The van der Waals surface area contributed by atoms with Crippen molar-refractivity contribution in [1.29, 1.82) is 0 Å². The second kappa shape index (κ2) is 3.07. The summed E-state index contributed by atoms with van der Waals surface area (Å²) in [5.74, 6) is 1.51. The zero-order valence-electron chi connectivity index (χ0n) is 7.98. The molecule has 76 valence electrons. The van der Waals surface area contributed by atoms with Crippen LogP contribution in [0.3, 0.4) is 0 Å². The molecule has 2 aromatic heterocycles. The van der Waals surface area contributed by atoms with Gasteiger partial charge in [0.1, 0.15) is 5.82 Å². The highest BCUT2D eigenvalue weighted by Gasteiger charge is 2.28. The van der Waals surface area contributed by atoms with Gasteiger partial charge in [-0.15, -0.1) is 0 Å². The van der Waals surface area contributed by atoms with Crippen LogP contribution < -0.4 is 0 Å². The summed E-state index contributed by atoms with van der Waals surface area (Å²) in [6, 6.07) is 3.59. The first-order valence-corrected chi connectivity index (χ1v) is 5.30. The molecule has 2 aromatic rings. The van der Waals surface area contributed by atoms with E-state index in [0.29, 0.717) is 16.6 Å². The van der Waals surface area contributed by atoms with E-state index in [4.69, 9.17) is 11.6 Å². The summed E-state index contributed by atoms with van der Waals surface area (Å²) in [7, 11) is 0. The third-order valence-electron chi connectivity index (χ3n) is 2.72.